The van der Waals surface area contributed by atoms with E-state index in [2.05, 4.69) is 5.32 Å². The molecular formula is C16H17ClFNO. The number of ether oxygens (including phenoxy) is 1. The Labute approximate surface area is 123 Å². The van der Waals surface area contributed by atoms with Crippen LogP contribution in [-0.4, -0.2) is 14.2 Å². The molecule has 106 valence electrons. The first-order chi connectivity index (χ1) is 9.63. The summed E-state index contributed by atoms with van der Waals surface area (Å²) in [6, 6.07) is 12.5. The zero-order chi connectivity index (χ0) is 14.5. The van der Waals surface area contributed by atoms with E-state index >= 15 is 0 Å². The second-order valence-electron chi connectivity index (χ2n) is 4.55. The van der Waals surface area contributed by atoms with Crippen molar-refractivity contribution in [1.29, 1.82) is 0 Å². The van der Waals surface area contributed by atoms with Crippen LogP contribution in [0.15, 0.2) is 42.5 Å². The van der Waals surface area contributed by atoms with Crippen LogP contribution in [0, 0.1) is 5.82 Å². The zero-order valence-electron chi connectivity index (χ0n) is 11.5. The lowest BCUT2D eigenvalue weighted by molar-refractivity contribution is 0.414. The Hall–Kier alpha value is -1.58. The lowest BCUT2D eigenvalue weighted by Crippen LogP contribution is -2.19. The minimum absolute atomic E-state index is 0.115. The molecule has 2 nitrogen and oxygen atoms in total. The van der Waals surface area contributed by atoms with Crippen molar-refractivity contribution >= 4 is 11.6 Å². The maximum Gasteiger partial charge on any atom is 0.124 e. The van der Waals surface area contributed by atoms with Crippen molar-refractivity contribution in [2.24, 2.45) is 0 Å². The van der Waals surface area contributed by atoms with E-state index in [1.807, 2.05) is 31.3 Å². The Bertz CT molecular complexity index is 571. The van der Waals surface area contributed by atoms with Crippen LogP contribution in [0.2, 0.25) is 5.02 Å². The van der Waals surface area contributed by atoms with Gasteiger partial charge in [0.15, 0.2) is 0 Å². The van der Waals surface area contributed by atoms with Crippen LogP contribution in [0.4, 0.5) is 4.39 Å². The van der Waals surface area contributed by atoms with Gasteiger partial charge in [-0.1, -0.05) is 29.8 Å². The quantitative estimate of drug-likeness (QED) is 0.900. The monoisotopic (exact) mass is 293 g/mol. The molecule has 1 N–H and O–H groups in total. The normalized spacial score (nSPS) is 12.2. The Morgan fingerprint density at radius 2 is 1.90 bits per heavy atom. The highest BCUT2D eigenvalue weighted by molar-refractivity contribution is 6.31. The fourth-order valence-corrected chi connectivity index (χ4v) is 2.37. The van der Waals surface area contributed by atoms with Crippen molar-refractivity contribution in [3.8, 4) is 5.75 Å². The number of nitrogens with one attached hydrogen (secondary N) is 1. The van der Waals surface area contributed by atoms with Crippen LogP contribution >= 0.6 is 11.6 Å². The van der Waals surface area contributed by atoms with Gasteiger partial charge in [-0.25, -0.2) is 4.39 Å². The third kappa shape index (κ3) is 3.50. The maximum atomic E-state index is 13.1. The summed E-state index contributed by atoms with van der Waals surface area (Å²) >= 11 is 6.08. The smallest absolute Gasteiger partial charge is 0.124 e. The number of methoxy groups -OCH3 is 1. The molecule has 0 aromatic heterocycles. The molecule has 0 aliphatic heterocycles. The lowest BCUT2D eigenvalue weighted by atomic mass is 9.99. The van der Waals surface area contributed by atoms with Gasteiger partial charge in [0.1, 0.15) is 11.6 Å². The second-order valence-corrected chi connectivity index (χ2v) is 4.96. The Morgan fingerprint density at radius 3 is 2.45 bits per heavy atom. The number of halogens is 2. The first-order valence-electron chi connectivity index (χ1n) is 6.39. The lowest BCUT2D eigenvalue weighted by Gasteiger charge is -2.18. The SMILES string of the molecule is CNC(Cc1ccc(F)cc1Cl)c1ccc(OC)cc1. The predicted molar refractivity (Wildman–Crippen MR) is 79.9 cm³/mol. The molecule has 2 aromatic rings. The van der Waals surface area contributed by atoms with E-state index in [4.69, 9.17) is 16.3 Å². The summed E-state index contributed by atoms with van der Waals surface area (Å²) in [6.45, 7) is 0. The summed E-state index contributed by atoms with van der Waals surface area (Å²) in [7, 11) is 3.54. The number of hydrogen-bond acceptors (Lipinski definition) is 2. The standard InChI is InChI=1S/C16H17ClFNO/c1-19-16(11-4-7-14(20-2)8-5-11)9-12-3-6-13(18)10-15(12)17/h3-8,10,16,19H,9H2,1-2H3. The molecule has 20 heavy (non-hydrogen) atoms. The van der Waals surface area contributed by atoms with E-state index in [-0.39, 0.29) is 11.9 Å². The molecule has 2 rings (SSSR count). The number of likely N-dealkylation sites (N-methyl/N-ethyl adjacent to an activating group) is 1. The molecule has 0 spiro atoms. The van der Waals surface area contributed by atoms with E-state index in [0.29, 0.717) is 11.4 Å². The summed E-state index contributed by atoms with van der Waals surface area (Å²) < 4.78 is 18.2. The molecule has 1 atom stereocenters. The molecule has 4 heteroatoms. The molecule has 0 amide bonds. The van der Waals surface area contributed by atoms with Gasteiger partial charge in [0.2, 0.25) is 0 Å². The Morgan fingerprint density at radius 1 is 1.20 bits per heavy atom. The van der Waals surface area contributed by atoms with E-state index in [1.165, 1.54) is 12.1 Å². The van der Waals surface area contributed by atoms with Crippen molar-refractivity contribution in [3.63, 3.8) is 0 Å². The fourth-order valence-electron chi connectivity index (χ4n) is 2.13. The molecule has 0 bridgehead atoms. The van der Waals surface area contributed by atoms with E-state index in [9.17, 15) is 4.39 Å². The molecular weight excluding hydrogens is 277 g/mol. The van der Waals surface area contributed by atoms with Gasteiger partial charge in [-0.2, -0.15) is 0 Å². The van der Waals surface area contributed by atoms with Crippen LogP contribution < -0.4 is 10.1 Å². The van der Waals surface area contributed by atoms with Crippen molar-refractivity contribution in [2.45, 2.75) is 12.5 Å². The van der Waals surface area contributed by atoms with Crippen LogP contribution in [0.3, 0.4) is 0 Å². The van der Waals surface area contributed by atoms with Gasteiger partial charge in [0.05, 0.1) is 7.11 Å². The van der Waals surface area contributed by atoms with Crippen LogP contribution in [-0.2, 0) is 6.42 Å². The van der Waals surface area contributed by atoms with Gasteiger partial charge < -0.3 is 10.1 Å². The summed E-state index contributed by atoms with van der Waals surface area (Å²) in [5, 5.41) is 3.71. The Balaban J connectivity index is 2.19. The molecule has 0 heterocycles. The van der Waals surface area contributed by atoms with Crippen molar-refractivity contribution in [3.05, 3.63) is 64.4 Å². The zero-order valence-corrected chi connectivity index (χ0v) is 12.2. The van der Waals surface area contributed by atoms with Gasteiger partial charge in [0.25, 0.3) is 0 Å². The Kier molecular flexibility index (Phi) is 4.99. The van der Waals surface area contributed by atoms with E-state index in [1.54, 1.807) is 13.2 Å². The summed E-state index contributed by atoms with van der Waals surface area (Å²) in [4.78, 5) is 0. The van der Waals surface area contributed by atoms with Gasteiger partial charge >= 0.3 is 0 Å². The minimum atomic E-state index is -0.316. The van der Waals surface area contributed by atoms with Crippen LogP contribution in [0.5, 0.6) is 5.75 Å². The molecule has 0 aliphatic carbocycles. The first kappa shape index (κ1) is 14.8. The van der Waals surface area contributed by atoms with Crippen molar-refractivity contribution in [1.82, 2.24) is 5.32 Å². The summed E-state index contributed by atoms with van der Waals surface area (Å²) in [5.41, 5.74) is 2.05. The predicted octanol–water partition coefficient (Wildman–Crippen LogP) is 3.99. The highest BCUT2D eigenvalue weighted by Gasteiger charge is 2.12. The molecule has 0 saturated carbocycles. The van der Waals surface area contributed by atoms with E-state index < -0.39 is 0 Å². The minimum Gasteiger partial charge on any atom is -0.497 e. The molecule has 2 aromatic carbocycles. The second kappa shape index (κ2) is 6.73. The number of hydrogen-bond donors (Lipinski definition) is 1. The average molecular weight is 294 g/mol. The third-order valence-electron chi connectivity index (χ3n) is 3.31. The molecule has 0 radical (unpaired) electrons. The van der Waals surface area contributed by atoms with Crippen molar-refractivity contribution < 1.29 is 9.13 Å². The van der Waals surface area contributed by atoms with Gasteiger partial charge in [-0.05, 0) is 48.9 Å². The van der Waals surface area contributed by atoms with Crippen LogP contribution in [0.25, 0.3) is 0 Å². The average Bonchev–Trinajstić information content (AvgIpc) is 2.47. The van der Waals surface area contributed by atoms with Crippen molar-refractivity contribution in [2.75, 3.05) is 14.2 Å². The first-order valence-corrected chi connectivity index (χ1v) is 6.77. The molecule has 0 saturated heterocycles. The molecule has 1 unspecified atom stereocenters. The van der Waals surface area contributed by atoms with Gasteiger partial charge in [-0.3, -0.25) is 0 Å². The molecule has 0 aliphatic rings. The summed E-state index contributed by atoms with van der Waals surface area (Å²) in [5.74, 6) is 0.507. The van der Waals surface area contributed by atoms with E-state index in [0.717, 1.165) is 16.9 Å². The molecule has 0 fully saturated rings. The fraction of sp³-hybridized carbons (Fsp3) is 0.250. The topological polar surface area (TPSA) is 21.3 Å². The van der Waals surface area contributed by atoms with Gasteiger partial charge in [0, 0.05) is 11.1 Å². The van der Waals surface area contributed by atoms with Gasteiger partial charge in [-0.15, -0.1) is 0 Å². The third-order valence-corrected chi connectivity index (χ3v) is 3.66. The highest BCUT2D eigenvalue weighted by atomic mass is 35.5. The maximum absolute atomic E-state index is 13.1. The largest absolute Gasteiger partial charge is 0.497 e. The number of benzene rings is 2. The summed E-state index contributed by atoms with van der Waals surface area (Å²) in [6.07, 6.45) is 0.696. The highest BCUT2D eigenvalue weighted by Crippen LogP contribution is 2.25. The number of rotatable bonds is 5. The van der Waals surface area contributed by atoms with Crippen LogP contribution in [0.1, 0.15) is 17.2 Å².